The Hall–Kier alpha value is -3.91. The van der Waals surface area contributed by atoms with E-state index in [1.807, 2.05) is 50.2 Å². The first-order valence-electron chi connectivity index (χ1n) is 11.9. The summed E-state index contributed by atoms with van der Waals surface area (Å²) in [6.45, 7) is 2.30. The van der Waals surface area contributed by atoms with Crippen molar-refractivity contribution in [1.29, 1.82) is 0 Å². The van der Waals surface area contributed by atoms with Crippen LogP contribution in [0.4, 0.5) is 5.69 Å². The van der Waals surface area contributed by atoms with Crippen molar-refractivity contribution in [2.75, 3.05) is 27.3 Å². The van der Waals surface area contributed by atoms with Gasteiger partial charge in [-0.2, -0.15) is 0 Å². The van der Waals surface area contributed by atoms with Gasteiger partial charge in [0.25, 0.3) is 11.8 Å². The van der Waals surface area contributed by atoms with Crippen LogP contribution >= 0.6 is 11.6 Å². The summed E-state index contributed by atoms with van der Waals surface area (Å²) < 4.78 is 0.0529. The van der Waals surface area contributed by atoms with Crippen LogP contribution in [0.5, 0.6) is 0 Å². The Kier molecular flexibility index (Phi) is 6.37. The SMILES string of the molecule is CC1=C(CN2C(=O)c3ccccc3C2=O)[N+](CN(C)C)(c2ccc(Cl)cc2C(=O)c2ccccc2)C=N1. The second kappa shape index (κ2) is 9.52. The summed E-state index contributed by atoms with van der Waals surface area (Å²) in [5.74, 6) is -0.854. The average Bonchev–Trinajstić information content (AvgIpc) is 3.33. The van der Waals surface area contributed by atoms with E-state index in [9.17, 15) is 14.4 Å². The Bertz CT molecular complexity index is 1460. The molecule has 0 saturated carbocycles. The summed E-state index contributed by atoms with van der Waals surface area (Å²) >= 11 is 6.39. The largest absolute Gasteiger partial charge is 0.288 e. The molecule has 1 unspecified atom stereocenters. The molecule has 2 heterocycles. The zero-order chi connectivity index (χ0) is 26.3. The number of aliphatic imine (C=N–C) groups is 1. The summed E-state index contributed by atoms with van der Waals surface area (Å²) in [6, 6.07) is 21.1. The van der Waals surface area contributed by atoms with Crippen molar-refractivity contribution in [3.8, 4) is 0 Å². The van der Waals surface area contributed by atoms with Crippen molar-refractivity contribution in [3.63, 3.8) is 0 Å². The van der Waals surface area contributed by atoms with E-state index in [0.717, 1.165) is 5.70 Å². The van der Waals surface area contributed by atoms with E-state index in [1.54, 1.807) is 54.9 Å². The van der Waals surface area contributed by atoms with Crippen molar-refractivity contribution < 1.29 is 14.4 Å². The minimum atomic E-state index is -0.340. The number of fused-ring (bicyclic) bond motifs is 1. The van der Waals surface area contributed by atoms with Gasteiger partial charge >= 0.3 is 0 Å². The van der Waals surface area contributed by atoms with E-state index in [2.05, 4.69) is 4.99 Å². The Labute approximate surface area is 220 Å². The standard InChI is InChI=1S/C29H26ClN4O3/c1-19-26(16-33-28(36)22-11-7-8-12-23(22)29(33)37)34(17-31-19,18-32(2)3)25-14-13-21(30)15-24(25)27(35)20-9-5-4-6-10-20/h4-15,17H,16,18H2,1-3H3/q+1. The molecule has 2 amide bonds. The third-order valence-electron chi connectivity index (χ3n) is 6.71. The highest BCUT2D eigenvalue weighted by Gasteiger charge is 2.46. The van der Waals surface area contributed by atoms with Crippen molar-refractivity contribution in [1.82, 2.24) is 14.3 Å². The highest BCUT2D eigenvalue weighted by atomic mass is 35.5. The molecule has 186 valence electrons. The number of rotatable bonds is 7. The van der Waals surface area contributed by atoms with Gasteiger partial charge in [0.05, 0.1) is 16.7 Å². The van der Waals surface area contributed by atoms with E-state index in [4.69, 9.17) is 11.6 Å². The van der Waals surface area contributed by atoms with Crippen LogP contribution in [0.1, 0.15) is 43.6 Å². The van der Waals surface area contributed by atoms with E-state index in [0.29, 0.717) is 45.3 Å². The van der Waals surface area contributed by atoms with Gasteiger partial charge in [0.1, 0.15) is 18.9 Å². The maximum Gasteiger partial charge on any atom is 0.262 e. The van der Waals surface area contributed by atoms with E-state index >= 15 is 0 Å². The molecule has 5 rings (SSSR count). The number of benzene rings is 3. The lowest BCUT2D eigenvalue weighted by Gasteiger charge is -2.36. The zero-order valence-corrected chi connectivity index (χ0v) is 21.6. The number of carbonyl (C=O) groups excluding carboxylic acids is 3. The molecule has 3 aromatic rings. The minimum Gasteiger partial charge on any atom is -0.288 e. The maximum atomic E-state index is 13.7. The van der Waals surface area contributed by atoms with Crippen LogP contribution < -0.4 is 4.48 Å². The molecule has 7 nitrogen and oxygen atoms in total. The van der Waals surface area contributed by atoms with Crippen LogP contribution in [-0.4, -0.2) is 61.0 Å². The predicted octanol–water partition coefficient (Wildman–Crippen LogP) is 4.97. The van der Waals surface area contributed by atoms with Crippen LogP contribution in [0.15, 0.2) is 89.2 Å². The molecule has 0 aliphatic carbocycles. The third-order valence-corrected chi connectivity index (χ3v) is 6.94. The molecule has 0 spiro atoms. The maximum absolute atomic E-state index is 13.7. The molecule has 0 N–H and O–H groups in total. The highest BCUT2D eigenvalue weighted by molar-refractivity contribution is 6.31. The lowest BCUT2D eigenvalue weighted by molar-refractivity contribution is 0.0659. The number of quaternary nitrogens is 1. The topological polar surface area (TPSA) is 70.1 Å². The Morgan fingerprint density at radius 1 is 0.946 bits per heavy atom. The first-order chi connectivity index (χ1) is 17.7. The Balaban J connectivity index is 1.64. The second-order valence-corrected chi connectivity index (χ2v) is 9.90. The molecule has 0 aromatic heterocycles. The molecule has 2 aliphatic rings. The third kappa shape index (κ3) is 4.21. The molecular weight excluding hydrogens is 488 g/mol. The van der Waals surface area contributed by atoms with Crippen molar-refractivity contribution in [3.05, 3.63) is 111 Å². The predicted molar refractivity (Wildman–Crippen MR) is 145 cm³/mol. The quantitative estimate of drug-likeness (QED) is 0.254. The molecular formula is C29H26ClN4O3+. The number of imide groups is 1. The highest BCUT2D eigenvalue weighted by Crippen LogP contribution is 2.39. The van der Waals surface area contributed by atoms with E-state index in [-0.39, 0.29) is 28.6 Å². The second-order valence-electron chi connectivity index (χ2n) is 9.47. The smallest absolute Gasteiger partial charge is 0.262 e. The van der Waals surface area contributed by atoms with Gasteiger partial charge in [-0.15, -0.1) is 0 Å². The Morgan fingerprint density at radius 2 is 1.57 bits per heavy atom. The summed E-state index contributed by atoms with van der Waals surface area (Å²) in [5.41, 5.74) is 3.83. The number of allylic oxidation sites excluding steroid dienone is 1. The van der Waals surface area contributed by atoms with Gasteiger partial charge in [0.2, 0.25) is 6.34 Å². The van der Waals surface area contributed by atoms with Gasteiger partial charge in [-0.3, -0.25) is 24.2 Å². The van der Waals surface area contributed by atoms with Gasteiger partial charge in [-0.1, -0.05) is 54.1 Å². The van der Waals surface area contributed by atoms with Gasteiger partial charge in [0.15, 0.2) is 17.2 Å². The first-order valence-corrected chi connectivity index (χ1v) is 12.2. The van der Waals surface area contributed by atoms with Crippen LogP contribution in [-0.2, 0) is 0 Å². The van der Waals surface area contributed by atoms with Crippen molar-refractivity contribution in [2.45, 2.75) is 6.92 Å². The van der Waals surface area contributed by atoms with Crippen LogP contribution in [0.3, 0.4) is 0 Å². The average molecular weight is 514 g/mol. The first kappa shape index (κ1) is 24.8. The zero-order valence-electron chi connectivity index (χ0n) is 20.8. The van der Waals surface area contributed by atoms with Crippen LogP contribution in [0.25, 0.3) is 0 Å². The van der Waals surface area contributed by atoms with Gasteiger partial charge < -0.3 is 0 Å². The fourth-order valence-corrected chi connectivity index (χ4v) is 5.20. The molecule has 37 heavy (non-hydrogen) atoms. The molecule has 1 atom stereocenters. The fraction of sp³-hybridized carbons (Fsp3) is 0.172. The normalized spacial score (nSPS) is 18.8. The van der Waals surface area contributed by atoms with Crippen molar-refractivity contribution >= 4 is 41.2 Å². The molecule has 3 aromatic carbocycles. The summed E-state index contributed by atoms with van der Waals surface area (Å²) in [5, 5.41) is 0.435. The number of ketones is 1. The van der Waals surface area contributed by atoms with E-state index < -0.39 is 0 Å². The van der Waals surface area contributed by atoms with Crippen molar-refractivity contribution in [2.24, 2.45) is 4.99 Å². The number of carbonyl (C=O) groups is 3. The monoisotopic (exact) mass is 513 g/mol. The lowest BCUT2D eigenvalue weighted by Crippen LogP contribution is -2.54. The van der Waals surface area contributed by atoms with Crippen LogP contribution in [0, 0.1) is 0 Å². The molecule has 0 saturated heterocycles. The molecule has 2 aliphatic heterocycles. The van der Waals surface area contributed by atoms with Gasteiger partial charge in [-0.05, 0) is 45.3 Å². The minimum absolute atomic E-state index is 0.0353. The molecule has 8 heteroatoms. The van der Waals surface area contributed by atoms with Gasteiger partial charge in [0, 0.05) is 16.7 Å². The fourth-order valence-electron chi connectivity index (χ4n) is 5.03. The summed E-state index contributed by atoms with van der Waals surface area (Å²) in [7, 11) is 3.85. The molecule has 0 fully saturated rings. The lowest BCUT2D eigenvalue weighted by atomic mass is 9.99. The number of hydrogen-bond donors (Lipinski definition) is 0. The number of hydrogen-bond acceptors (Lipinski definition) is 5. The molecule has 0 radical (unpaired) electrons. The van der Waals surface area contributed by atoms with Gasteiger partial charge in [-0.25, -0.2) is 9.48 Å². The summed E-state index contributed by atoms with van der Waals surface area (Å²) in [4.78, 5) is 48.1. The Morgan fingerprint density at radius 3 is 2.19 bits per heavy atom. The molecule has 0 bridgehead atoms. The number of halogens is 1. The van der Waals surface area contributed by atoms with Crippen LogP contribution in [0.2, 0.25) is 5.02 Å². The van der Waals surface area contributed by atoms with E-state index in [1.165, 1.54) is 4.90 Å². The number of amides is 2. The summed E-state index contributed by atoms with van der Waals surface area (Å²) in [6.07, 6.45) is 1.77. The number of nitrogens with zero attached hydrogens (tertiary/aromatic N) is 4.